The number of anilines is 2. The second-order valence-corrected chi connectivity index (χ2v) is 10.7. The normalized spacial score (nSPS) is 11.6. The summed E-state index contributed by atoms with van der Waals surface area (Å²) in [7, 11) is 0. The van der Waals surface area contributed by atoms with Crippen LogP contribution >= 0.6 is 34.4 Å². The minimum Gasteiger partial charge on any atom is -0.321 e. The molecule has 0 spiro atoms. The number of nitrogens with one attached hydrogen (secondary N) is 2. The Labute approximate surface area is 221 Å². The van der Waals surface area contributed by atoms with Crippen molar-refractivity contribution >= 4 is 57.1 Å². The summed E-state index contributed by atoms with van der Waals surface area (Å²) in [6, 6.07) is 30.7. The third-order valence-electron chi connectivity index (χ3n) is 5.26. The van der Waals surface area contributed by atoms with Crippen molar-refractivity contribution < 1.29 is 9.59 Å². The van der Waals surface area contributed by atoms with Crippen molar-refractivity contribution in [1.29, 1.82) is 0 Å². The minimum absolute atomic E-state index is 0.134. The zero-order chi connectivity index (χ0) is 24.7. The van der Waals surface area contributed by atoms with Gasteiger partial charge in [-0.15, -0.1) is 34.4 Å². The van der Waals surface area contributed by atoms with E-state index in [1.54, 1.807) is 6.07 Å². The Morgan fingerprint density at radius 1 is 0.778 bits per heavy atom. The lowest BCUT2D eigenvalue weighted by molar-refractivity contribution is -0.115. The molecule has 2 heterocycles. The number of hydrogen-bond acceptors (Lipinski definition) is 6. The summed E-state index contributed by atoms with van der Waals surface area (Å²) in [4.78, 5) is 31.9. The predicted molar refractivity (Wildman–Crippen MR) is 150 cm³/mol. The highest BCUT2D eigenvalue weighted by molar-refractivity contribution is 8.00. The van der Waals surface area contributed by atoms with Crippen molar-refractivity contribution in [2.24, 2.45) is 0 Å². The molecule has 8 heteroatoms. The van der Waals surface area contributed by atoms with Gasteiger partial charge in [0.2, 0.25) is 5.91 Å². The van der Waals surface area contributed by atoms with Crippen LogP contribution in [0.15, 0.2) is 113 Å². The average molecular weight is 528 g/mol. The fraction of sp³-hybridized carbons (Fsp3) is 0.0357. The van der Waals surface area contributed by atoms with Crippen molar-refractivity contribution in [1.82, 2.24) is 4.98 Å². The minimum atomic E-state index is -0.471. The van der Waals surface area contributed by atoms with Gasteiger partial charge in [-0.3, -0.25) is 9.59 Å². The number of thiophene rings is 1. The second-order valence-electron chi connectivity index (χ2n) is 7.76. The average Bonchev–Trinajstić information content (AvgIpc) is 3.62. The number of thiazole rings is 1. The van der Waals surface area contributed by atoms with Crippen LogP contribution in [0.5, 0.6) is 0 Å². The Hall–Kier alpha value is -3.72. The topological polar surface area (TPSA) is 71.1 Å². The van der Waals surface area contributed by atoms with Crippen LogP contribution in [0.2, 0.25) is 0 Å². The molecule has 1 atom stereocenters. The van der Waals surface area contributed by atoms with Crippen LogP contribution in [0.3, 0.4) is 0 Å². The number of amides is 2. The van der Waals surface area contributed by atoms with E-state index in [-0.39, 0.29) is 11.8 Å². The van der Waals surface area contributed by atoms with Crippen LogP contribution in [-0.2, 0) is 4.79 Å². The van der Waals surface area contributed by atoms with Crippen LogP contribution in [0.25, 0.3) is 11.3 Å². The van der Waals surface area contributed by atoms with Gasteiger partial charge in [0.25, 0.3) is 5.91 Å². The highest BCUT2D eigenvalue weighted by Crippen LogP contribution is 2.37. The molecule has 0 aliphatic heterocycles. The molecule has 0 saturated carbocycles. The quantitative estimate of drug-likeness (QED) is 0.204. The van der Waals surface area contributed by atoms with Gasteiger partial charge in [-0.1, -0.05) is 66.7 Å². The summed E-state index contributed by atoms with van der Waals surface area (Å²) in [6.45, 7) is 0. The van der Waals surface area contributed by atoms with Gasteiger partial charge in [-0.2, -0.15) is 0 Å². The van der Waals surface area contributed by atoms with Gasteiger partial charge < -0.3 is 10.6 Å². The van der Waals surface area contributed by atoms with Gasteiger partial charge in [0, 0.05) is 21.5 Å². The summed E-state index contributed by atoms with van der Waals surface area (Å²) >= 11 is 4.26. The molecular formula is C28H21N3O2S3. The standard InChI is InChI=1S/C28H21N3O2S3/c32-26(24-12-7-17-34-24)29-21-13-15-22(16-14-21)36-25(20-10-5-2-6-11-20)27(33)31-28-30-23(18-35-28)19-8-3-1-4-9-19/h1-18,25H,(H,29,32)(H,30,31,33). The lowest BCUT2D eigenvalue weighted by Crippen LogP contribution is -2.19. The van der Waals surface area contributed by atoms with Gasteiger partial charge in [0.15, 0.2) is 5.13 Å². The maximum atomic E-state index is 13.4. The molecule has 0 fully saturated rings. The number of nitrogens with zero attached hydrogens (tertiary/aromatic N) is 1. The first-order valence-electron chi connectivity index (χ1n) is 11.1. The molecule has 0 saturated heterocycles. The van der Waals surface area contributed by atoms with E-state index in [1.165, 1.54) is 34.4 Å². The van der Waals surface area contributed by atoms with Gasteiger partial charge >= 0.3 is 0 Å². The van der Waals surface area contributed by atoms with Crippen molar-refractivity contribution in [2.75, 3.05) is 10.6 Å². The van der Waals surface area contributed by atoms with Gasteiger partial charge in [-0.05, 0) is 41.3 Å². The Kier molecular flexibility index (Phi) is 7.56. The number of carbonyl (C=O) groups is 2. The van der Waals surface area contributed by atoms with Crippen molar-refractivity contribution in [3.8, 4) is 11.3 Å². The second kappa shape index (κ2) is 11.3. The third kappa shape index (κ3) is 5.91. The van der Waals surface area contributed by atoms with Gasteiger partial charge in [0.1, 0.15) is 5.25 Å². The van der Waals surface area contributed by atoms with E-state index in [0.717, 1.165) is 21.7 Å². The van der Waals surface area contributed by atoms with E-state index >= 15 is 0 Å². The molecule has 2 amide bonds. The molecule has 0 bridgehead atoms. The molecule has 5 nitrogen and oxygen atoms in total. The number of hydrogen-bond donors (Lipinski definition) is 2. The fourth-order valence-electron chi connectivity index (χ4n) is 3.50. The number of rotatable bonds is 8. The molecular weight excluding hydrogens is 507 g/mol. The number of aromatic nitrogens is 1. The zero-order valence-corrected chi connectivity index (χ0v) is 21.4. The Morgan fingerprint density at radius 3 is 2.19 bits per heavy atom. The molecule has 0 radical (unpaired) electrons. The van der Waals surface area contributed by atoms with Gasteiger partial charge in [-0.25, -0.2) is 4.98 Å². The molecule has 178 valence electrons. The van der Waals surface area contributed by atoms with Crippen molar-refractivity contribution in [3.05, 3.63) is 118 Å². The zero-order valence-electron chi connectivity index (χ0n) is 19.0. The van der Waals surface area contributed by atoms with Crippen LogP contribution in [-0.4, -0.2) is 16.8 Å². The van der Waals surface area contributed by atoms with Crippen LogP contribution in [0.4, 0.5) is 10.8 Å². The first-order valence-corrected chi connectivity index (χ1v) is 13.8. The molecule has 1 unspecified atom stereocenters. The fourth-order valence-corrected chi connectivity index (χ4v) is 5.86. The van der Waals surface area contributed by atoms with Crippen LogP contribution in [0, 0.1) is 0 Å². The molecule has 0 aliphatic rings. The van der Waals surface area contributed by atoms with E-state index in [9.17, 15) is 9.59 Å². The van der Waals surface area contributed by atoms with Gasteiger partial charge in [0.05, 0.1) is 10.6 Å². The van der Waals surface area contributed by atoms with E-state index in [2.05, 4.69) is 15.6 Å². The summed E-state index contributed by atoms with van der Waals surface area (Å²) in [5, 5.41) is 9.81. The molecule has 36 heavy (non-hydrogen) atoms. The SMILES string of the molecule is O=C(Nc1ccc(SC(C(=O)Nc2nc(-c3ccccc3)cs2)c2ccccc2)cc1)c1cccs1. The summed E-state index contributed by atoms with van der Waals surface area (Å²) in [5.74, 6) is -0.277. The lowest BCUT2D eigenvalue weighted by atomic mass is 10.1. The van der Waals surface area contributed by atoms with Crippen LogP contribution < -0.4 is 10.6 Å². The monoisotopic (exact) mass is 527 g/mol. The van der Waals surface area contributed by atoms with E-state index < -0.39 is 5.25 Å². The first-order chi connectivity index (χ1) is 17.7. The van der Waals surface area contributed by atoms with Crippen molar-refractivity contribution in [3.63, 3.8) is 0 Å². The maximum absolute atomic E-state index is 13.4. The Morgan fingerprint density at radius 2 is 1.50 bits per heavy atom. The Balaban J connectivity index is 1.30. The molecule has 3 aromatic carbocycles. The smallest absolute Gasteiger partial charge is 0.265 e. The highest BCUT2D eigenvalue weighted by Gasteiger charge is 2.23. The lowest BCUT2D eigenvalue weighted by Gasteiger charge is -2.16. The first kappa shape index (κ1) is 24.0. The number of benzene rings is 3. The summed E-state index contributed by atoms with van der Waals surface area (Å²) in [5.41, 5.74) is 3.44. The van der Waals surface area contributed by atoms with Crippen LogP contribution in [0.1, 0.15) is 20.5 Å². The number of thioether (sulfide) groups is 1. The summed E-state index contributed by atoms with van der Waals surface area (Å²) < 4.78 is 0. The van der Waals surface area contributed by atoms with E-state index in [4.69, 9.17) is 0 Å². The summed E-state index contributed by atoms with van der Waals surface area (Å²) in [6.07, 6.45) is 0. The Bertz CT molecular complexity index is 1430. The maximum Gasteiger partial charge on any atom is 0.265 e. The molecule has 5 rings (SSSR count). The number of carbonyl (C=O) groups excluding carboxylic acids is 2. The largest absolute Gasteiger partial charge is 0.321 e. The van der Waals surface area contributed by atoms with Crippen molar-refractivity contribution in [2.45, 2.75) is 10.1 Å². The highest BCUT2D eigenvalue weighted by atomic mass is 32.2. The molecule has 2 aromatic heterocycles. The predicted octanol–water partition coefficient (Wildman–Crippen LogP) is 7.60. The molecule has 2 N–H and O–H groups in total. The molecule has 5 aromatic rings. The van der Waals surface area contributed by atoms with E-state index in [1.807, 2.05) is 102 Å². The molecule has 0 aliphatic carbocycles. The van der Waals surface area contributed by atoms with E-state index in [0.29, 0.717) is 15.7 Å². The third-order valence-corrected chi connectivity index (χ3v) is 8.15.